The van der Waals surface area contributed by atoms with Crippen LogP contribution in [0.3, 0.4) is 0 Å². The highest BCUT2D eigenvalue weighted by molar-refractivity contribution is 9.10. The van der Waals surface area contributed by atoms with E-state index in [1.807, 2.05) is 0 Å². The number of ether oxygens (including phenoxy) is 1. The Morgan fingerprint density at radius 2 is 2.00 bits per heavy atom. The highest BCUT2D eigenvalue weighted by Gasteiger charge is 2.28. The Bertz CT molecular complexity index is 652. The topological polar surface area (TPSA) is 28.7 Å². The standard InChI is InChI=1S/C17H17BrN2O/c18-13-5-3-12(4-6-13)15-7-8-17-16(19-15)2-1-9-20(17)10-14-11-21-14/h3-8,14H,1-2,9-11H2/t14-/m1/s1. The summed E-state index contributed by atoms with van der Waals surface area (Å²) in [5.41, 5.74) is 4.74. The fourth-order valence-corrected chi connectivity index (χ4v) is 3.18. The number of rotatable bonds is 3. The molecule has 0 unspecified atom stereocenters. The number of pyridine rings is 1. The van der Waals surface area contributed by atoms with Crippen LogP contribution in [0.25, 0.3) is 11.3 Å². The SMILES string of the molecule is Brc1ccc(-c2ccc3c(n2)CCCN3C[C@@H]2CO2)cc1. The maximum Gasteiger partial charge on any atom is 0.0984 e. The number of hydrogen-bond acceptors (Lipinski definition) is 3. The number of hydrogen-bond donors (Lipinski definition) is 0. The van der Waals surface area contributed by atoms with Crippen molar-refractivity contribution < 1.29 is 4.74 Å². The molecule has 0 N–H and O–H groups in total. The molecule has 0 amide bonds. The molecule has 4 rings (SSSR count). The van der Waals surface area contributed by atoms with Gasteiger partial charge in [0, 0.05) is 23.1 Å². The number of fused-ring (bicyclic) bond motifs is 1. The van der Waals surface area contributed by atoms with E-state index in [4.69, 9.17) is 9.72 Å². The van der Waals surface area contributed by atoms with Gasteiger partial charge in [-0.05, 0) is 37.1 Å². The summed E-state index contributed by atoms with van der Waals surface area (Å²) in [7, 11) is 0. The number of anilines is 1. The summed E-state index contributed by atoms with van der Waals surface area (Å²) >= 11 is 3.48. The maximum atomic E-state index is 5.36. The number of nitrogens with zero attached hydrogens (tertiary/aromatic N) is 2. The molecule has 3 nitrogen and oxygen atoms in total. The van der Waals surface area contributed by atoms with E-state index in [2.05, 4.69) is 57.2 Å². The zero-order valence-corrected chi connectivity index (χ0v) is 13.3. The molecule has 1 atom stereocenters. The fourth-order valence-electron chi connectivity index (χ4n) is 2.91. The quantitative estimate of drug-likeness (QED) is 0.795. The summed E-state index contributed by atoms with van der Waals surface area (Å²) in [4.78, 5) is 7.32. The second kappa shape index (κ2) is 5.43. The van der Waals surface area contributed by atoms with Gasteiger partial charge in [0.1, 0.15) is 0 Å². The van der Waals surface area contributed by atoms with Crippen LogP contribution in [0, 0.1) is 0 Å². The lowest BCUT2D eigenvalue weighted by Crippen LogP contribution is -2.33. The Hall–Kier alpha value is -1.39. The van der Waals surface area contributed by atoms with Crippen molar-refractivity contribution >= 4 is 21.6 Å². The summed E-state index contributed by atoms with van der Waals surface area (Å²) in [6, 6.07) is 12.7. The molecule has 2 aliphatic rings. The van der Waals surface area contributed by atoms with E-state index >= 15 is 0 Å². The van der Waals surface area contributed by atoms with E-state index in [-0.39, 0.29) is 0 Å². The van der Waals surface area contributed by atoms with Crippen molar-refractivity contribution in [2.75, 3.05) is 24.6 Å². The summed E-state index contributed by atoms with van der Waals surface area (Å²) in [6.07, 6.45) is 2.68. The zero-order chi connectivity index (χ0) is 14.2. The van der Waals surface area contributed by atoms with Crippen LogP contribution in [0.4, 0.5) is 5.69 Å². The summed E-state index contributed by atoms with van der Waals surface area (Å²) in [5, 5.41) is 0. The highest BCUT2D eigenvalue weighted by Crippen LogP contribution is 2.30. The summed E-state index contributed by atoms with van der Waals surface area (Å²) in [6.45, 7) is 3.04. The lowest BCUT2D eigenvalue weighted by Gasteiger charge is -2.30. The first-order chi connectivity index (χ1) is 10.3. The molecule has 0 saturated carbocycles. The van der Waals surface area contributed by atoms with Crippen LogP contribution >= 0.6 is 15.9 Å². The van der Waals surface area contributed by atoms with Crippen molar-refractivity contribution in [1.82, 2.24) is 4.98 Å². The molecule has 4 heteroatoms. The first-order valence-electron chi connectivity index (χ1n) is 7.42. The number of benzene rings is 1. The Morgan fingerprint density at radius 1 is 1.19 bits per heavy atom. The third kappa shape index (κ3) is 2.83. The molecule has 1 fully saturated rings. The van der Waals surface area contributed by atoms with Gasteiger partial charge < -0.3 is 9.64 Å². The van der Waals surface area contributed by atoms with Crippen LogP contribution in [-0.4, -0.2) is 30.8 Å². The normalized spacial score (nSPS) is 20.2. The van der Waals surface area contributed by atoms with Crippen molar-refractivity contribution in [2.45, 2.75) is 18.9 Å². The molecule has 2 aliphatic heterocycles. The Labute approximate surface area is 133 Å². The van der Waals surface area contributed by atoms with Gasteiger partial charge in [0.05, 0.1) is 29.8 Å². The molecular formula is C17H17BrN2O. The van der Waals surface area contributed by atoms with E-state index in [1.54, 1.807) is 0 Å². The van der Waals surface area contributed by atoms with Gasteiger partial charge in [-0.25, -0.2) is 0 Å². The van der Waals surface area contributed by atoms with Gasteiger partial charge in [-0.1, -0.05) is 28.1 Å². The molecule has 0 spiro atoms. The molecule has 21 heavy (non-hydrogen) atoms. The number of epoxide rings is 1. The Kier molecular flexibility index (Phi) is 3.43. The monoisotopic (exact) mass is 344 g/mol. The molecule has 3 heterocycles. The fraction of sp³-hybridized carbons (Fsp3) is 0.353. The predicted octanol–water partition coefficient (Wildman–Crippen LogP) is 3.66. The van der Waals surface area contributed by atoms with Crippen molar-refractivity contribution in [1.29, 1.82) is 0 Å². The molecule has 0 radical (unpaired) electrons. The number of aromatic nitrogens is 1. The minimum Gasteiger partial charge on any atom is -0.371 e. The lowest BCUT2D eigenvalue weighted by molar-refractivity contribution is 0.405. The molecule has 1 saturated heterocycles. The number of halogens is 1. The highest BCUT2D eigenvalue weighted by atomic mass is 79.9. The van der Waals surface area contributed by atoms with Gasteiger partial charge in [-0.2, -0.15) is 0 Å². The van der Waals surface area contributed by atoms with E-state index in [0.29, 0.717) is 6.10 Å². The van der Waals surface area contributed by atoms with Crippen molar-refractivity contribution in [3.8, 4) is 11.3 Å². The first kappa shape index (κ1) is 13.3. The minimum atomic E-state index is 0.433. The van der Waals surface area contributed by atoms with Crippen molar-refractivity contribution in [2.24, 2.45) is 0 Å². The van der Waals surface area contributed by atoms with E-state index in [9.17, 15) is 0 Å². The second-order valence-corrected chi connectivity index (χ2v) is 6.59. The van der Waals surface area contributed by atoms with Crippen LogP contribution in [0.5, 0.6) is 0 Å². The Balaban J connectivity index is 1.65. The van der Waals surface area contributed by atoms with Gasteiger partial charge in [0.15, 0.2) is 0 Å². The van der Waals surface area contributed by atoms with Crippen LogP contribution in [0.15, 0.2) is 40.9 Å². The van der Waals surface area contributed by atoms with Gasteiger partial charge in [-0.15, -0.1) is 0 Å². The molecule has 2 aromatic rings. The first-order valence-corrected chi connectivity index (χ1v) is 8.21. The largest absolute Gasteiger partial charge is 0.371 e. The minimum absolute atomic E-state index is 0.433. The second-order valence-electron chi connectivity index (χ2n) is 5.67. The van der Waals surface area contributed by atoms with Crippen LogP contribution in [-0.2, 0) is 11.2 Å². The Morgan fingerprint density at radius 3 is 2.76 bits per heavy atom. The lowest BCUT2D eigenvalue weighted by atomic mass is 10.0. The van der Waals surface area contributed by atoms with E-state index in [0.717, 1.165) is 36.3 Å². The van der Waals surface area contributed by atoms with Gasteiger partial charge >= 0.3 is 0 Å². The summed E-state index contributed by atoms with van der Waals surface area (Å²) in [5.74, 6) is 0. The smallest absolute Gasteiger partial charge is 0.0984 e. The third-order valence-electron chi connectivity index (χ3n) is 4.10. The molecule has 0 bridgehead atoms. The zero-order valence-electron chi connectivity index (χ0n) is 11.8. The molecule has 0 aliphatic carbocycles. The van der Waals surface area contributed by atoms with E-state index < -0.39 is 0 Å². The van der Waals surface area contributed by atoms with Crippen LogP contribution in [0.1, 0.15) is 12.1 Å². The van der Waals surface area contributed by atoms with Gasteiger partial charge in [0.25, 0.3) is 0 Å². The average Bonchev–Trinajstić information content (AvgIpc) is 3.32. The predicted molar refractivity (Wildman–Crippen MR) is 87.6 cm³/mol. The molecule has 1 aromatic carbocycles. The van der Waals surface area contributed by atoms with Gasteiger partial charge in [0.2, 0.25) is 0 Å². The van der Waals surface area contributed by atoms with Crippen molar-refractivity contribution in [3.05, 3.63) is 46.6 Å². The molecular weight excluding hydrogens is 328 g/mol. The van der Waals surface area contributed by atoms with Crippen LogP contribution in [0.2, 0.25) is 0 Å². The number of aryl methyl sites for hydroxylation is 1. The average molecular weight is 345 g/mol. The molecule has 1 aromatic heterocycles. The maximum absolute atomic E-state index is 5.36. The summed E-state index contributed by atoms with van der Waals surface area (Å²) < 4.78 is 6.46. The van der Waals surface area contributed by atoms with Gasteiger partial charge in [-0.3, -0.25) is 4.98 Å². The molecule has 108 valence electrons. The van der Waals surface area contributed by atoms with Crippen molar-refractivity contribution in [3.63, 3.8) is 0 Å². The van der Waals surface area contributed by atoms with Crippen LogP contribution < -0.4 is 4.90 Å². The van der Waals surface area contributed by atoms with E-state index in [1.165, 1.54) is 23.4 Å². The third-order valence-corrected chi connectivity index (χ3v) is 4.63.